The highest BCUT2D eigenvalue weighted by Gasteiger charge is 2.23. The zero-order valence-corrected chi connectivity index (χ0v) is 9.40. The summed E-state index contributed by atoms with van der Waals surface area (Å²) in [6.07, 6.45) is 5.83. The lowest BCUT2D eigenvalue weighted by atomic mass is 10.1. The van der Waals surface area contributed by atoms with Crippen LogP contribution >= 0.6 is 11.3 Å². The molecule has 0 bridgehead atoms. The number of nitrogens with zero attached hydrogens (tertiary/aromatic N) is 4. The lowest BCUT2D eigenvalue weighted by Gasteiger charge is -2.06. The van der Waals surface area contributed by atoms with Gasteiger partial charge in [0.15, 0.2) is 0 Å². The number of fused-ring (bicyclic) bond motifs is 1. The minimum atomic E-state index is 0.0856. The van der Waals surface area contributed by atoms with Crippen molar-refractivity contribution < 1.29 is 4.79 Å². The Balaban J connectivity index is 1.74. The second kappa shape index (κ2) is 3.82. The quantitative estimate of drug-likeness (QED) is 0.854. The van der Waals surface area contributed by atoms with Crippen LogP contribution in [-0.4, -0.2) is 25.7 Å². The average Bonchev–Trinajstić information content (AvgIpc) is 2.91. The van der Waals surface area contributed by atoms with Crippen LogP contribution in [0.4, 0.5) is 5.13 Å². The van der Waals surface area contributed by atoms with Crippen molar-refractivity contribution in [2.45, 2.75) is 25.7 Å². The first-order valence-corrected chi connectivity index (χ1v) is 6.12. The van der Waals surface area contributed by atoms with Crippen LogP contribution in [0.1, 0.15) is 25.7 Å². The molecule has 0 aromatic carbocycles. The summed E-state index contributed by atoms with van der Waals surface area (Å²) >= 11 is 1.34. The van der Waals surface area contributed by atoms with Crippen LogP contribution in [0.5, 0.6) is 0 Å². The molecule has 0 saturated heterocycles. The summed E-state index contributed by atoms with van der Waals surface area (Å²) in [7, 11) is 0. The van der Waals surface area contributed by atoms with E-state index in [0.29, 0.717) is 10.1 Å². The minimum absolute atomic E-state index is 0.0856. The molecule has 2 aromatic rings. The van der Waals surface area contributed by atoms with E-state index in [1.54, 1.807) is 4.52 Å². The van der Waals surface area contributed by atoms with Crippen molar-refractivity contribution in [3.8, 4) is 0 Å². The van der Waals surface area contributed by atoms with E-state index < -0.39 is 0 Å². The van der Waals surface area contributed by atoms with E-state index in [1.807, 2.05) is 0 Å². The van der Waals surface area contributed by atoms with Crippen molar-refractivity contribution in [2.24, 2.45) is 5.92 Å². The Morgan fingerprint density at radius 2 is 2.31 bits per heavy atom. The first-order valence-electron chi connectivity index (χ1n) is 5.30. The van der Waals surface area contributed by atoms with Crippen LogP contribution in [-0.2, 0) is 4.79 Å². The van der Waals surface area contributed by atoms with Gasteiger partial charge in [-0.2, -0.15) is 4.52 Å². The maximum Gasteiger partial charge on any atom is 0.236 e. The third kappa shape index (κ3) is 1.67. The second-order valence-electron chi connectivity index (χ2n) is 3.94. The summed E-state index contributed by atoms with van der Waals surface area (Å²) in [5.41, 5.74) is 0. The van der Waals surface area contributed by atoms with Crippen molar-refractivity contribution >= 4 is 27.3 Å². The van der Waals surface area contributed by atoms with Gasteiger partial charge >= 0.3 is 0 Å². The van der Waals surface area contributed by atoms with E-state index >= 15 is 0 Å². The Kier molecular flexibility index (Phi) is 2.32. The lowest BCUT2D eigenvalue weighted by molar-refractivity contribution is -0.119. The molecule has 0 atom stereocenters. The monoisotopic (exact) mass is 237 g/mol. The topological polar surface area (TPSA) is 72.2 Å². The molecular weight excluding hydrogens is 226 g/mol. The number of anilines is 1. The van der Waals surface area contributed by atoms with Gasteiger partial charge in [-0.25, -0.2) is 0 Å². The van der Waals surface area contributed by atoms with Gasteiger partial charge in [0, 0.05) is 5.92 Å². The van der Waals surface area contributed by atoms with Crippen molar-refractivity contribution in [3.63, 3.8) is 0 Å². The smallest absolute Gasteiger partial charge is 0.236 e. The summed E-state index contributed by atoms with van der Waals surface area (Å²) in [6.45, 7) is 0. The normalized spacial score (nSPS) is 17.0. The molecule has 0 unspecified atom stereocenters. The van der Waals surface area contributed by atoms with Gasteiger partial charge in [-0.3, -0.25) is 4.79 Å². The van der Waals surface area contributed by atoms with E-state index in [-0.39, 0.29) is 11.8 Å². The van der Waals surface area contributed by atoms with E-state index in [1.165, 1.54) is 17.7 Å². The number of nitrogens with one attached hydrogen (secondary N) is 1. The van der Waals surface area contributed by atoms with E-state index in [9.17, 15) is 4.79 Å². The van der Waals surface area contributed by atoms with Gasteiger partial charge in [0.25, 0.3) is 0 Å². The van der Waals surface area contributed by atoms with Crippen molar-refractivity contribution in [1.82, 2.24) is 19.8 Å². The molecule has 7 heteroatoms. The molecule has 1 aliphatic rings. The van der Waals surface area contributed by atoms with Crippen LogP contribution in [0, 0.1) is 5.92 Å². The van der Waals surface area contributed by atoms with Gasteiger partial charge in [0.1, 0.15) is 6.33 Å². The van der Waals surface area contributed by atoms with Gasteiger partial charge in [-0.05, 0) is 12.8 Å². The molecule has 3 rings (SSSR count). The third-order valence-electron chi connectivity index (χ3n) is 2.84. The molecule has 2 heterocycles. The van der Waals surface area contributed by atoms with Crippen LogP contribution in [0.2, 0.25) is 0 Å². The number of aromatic nitrogens is 4. The van der Waals surface area contributed by atoms with Gasteiger partial charge < -0.3 is 5.32 Å². The van der Waals surface area contributed by atoms with Crippen LogP contribution in [0.15, 0.2) is 6.33 Å². The molecule has 0 radical (unpaired) electrons. The Bertz CT molecular complexity index is 484. The predicted molar refractivity (Wildman–Crippen MR) is 59.2 cm³/mol. The highest BCUT2D eigenvalue weighted by Crippen LogP contribution is 2.26. The van der Waals surface area contributed by atoms with Gasteiger partial charge in [0.2, 0.25) is 16.0 Å². The molecule has 1 saturated carbocycles. The maximum absolute atomic E-state index is 11.8. The molecule has 1 amide bonds. The minimum Gasteiger partial charge on any atom is -0.300 e. The molecule has 6 nitrogen and oxygen atoms in total. The van der Waals surface area contributed by atoms with E-state index in [4.69, 9.17) is 0 Å². The Morgan fingerprint density at radius 3 is 3.06 bits per heavy atom. The van der Waals surface area contributed by atoms with E-state index in [0.717, 1.165) is 25.7 Å². The van der Waals surface area contributed by atoms with Gasteiger partial charge in [-0.15, -0.1) is 15.3 Å². The third-order valence-corrected chi connectivity index (χ3v) is 3.67. The van der Waals surface area contributed by atoms with Crippen LogP contribution in [0.25, 0.3) is 4.96 Å². The van der Waals surface area contributed by atoms with Crippen molar-refractivity contribution in [1.29, 1.82) is 0 Å². The molecule has 2 aromatic heterocycles. The highest BCUT2D eigenvalue weighted by atomic mass is 32.1. The predicted octanol–water partition coefficient (Wildman–Crippen LogP) is 1.31. The number of amides is 1. The number of rotatable bonds is 2. The number of hydrogen-bond acceptors (Lipinski definition) is 5. The Morgan fingerprint density at radius 1 is 1.50 bits per heavy atom. The van der Waals surface area contributed by atoms with Crippen molar-refractivity contribution in [2.75, 3.05) is 5.32 Å². The fourth-order valence-corrected chi connectivity index (χ4v) is 2.73. The molecule has 0 spiro atoms. The maximum atomic E-state index is 11.8. The highest BCUT2D eigenvalue weighted by molar-refractivity contribution is 7.20. The molecule has 84 valence electrons. The Labute approximate surface area is 95.7 Å². The summed E-state index contributed by atoms with van der Waals surface area (Å²) in [6, 6.07) is 0. The fourth-order valence-electron chi connectivity index (χ4n) is 2.01. The largest absolute Gasteiger partial charge is 0.300 e. The zero-order valence-electron chi connectivity index (χ0n) is 8.59. The summed E-state index contributed by atoms with van der Waals surface area (Å²) < 4.78 is 1.56. The average molecular weight is 237 g/mol. The SMILES string of the molecule is O=C(Nc1nn2cnnc2s1)C1CCCC1. The molecule has 1 fully saturated rings. The summed E-state index contributed by atoms with van der Waals surface area (Å²) in [4.78, 5) is 12.5. The molecule has 0 aliphatic heterocycles. The van der Waals surface area contributed by atoms with Crippen molar-refractivity contribution in [3.05, 3.63) is 6.33 Å². The molecular formula is C9H11N5OS. The van der Waals surface area contributed by atoms with Crippen LogP contribution < -0.4 is 5.32 Å². The fraction of sp³-hybridized carbons (Fsp3) is 0.556. The van der Waals surface area contributed by atoms with Crippen LogP contribution in [0.3, 0.4) is 0 Å². The number of hydrogen-bond donors (Lipinski definition) is 1. The van der Waals surface area contributed by atoms with Gasteiger partial charge in [0.05, 0.1) is 0 Å². The number of carbonyl (C=O) groups is 1. The first kappa shape index (κ1) is 9.71. The van der Waals surface area contributed by atoms with Gasteiger partial charge in [-0.1, -0.05) is 24.2 Å². The summed E-state index contributed by atoms with van der Waals surface area (Å²) in [5, 5.41) is 15.2. The zero-order chi connectivity index (χ0) is 11.0. The second-order valence-corrected chi connectivity index (χ2v) is 4.89. The molecule has 1 aliphatic carbocycles. The molecule has 1 N–H and O–H groups in total. The first-order chi connectivity index (χ1) is 7.83. The lowest BCUT2D eigenvalue weighted by Crippen LogP contribution is -2.20. The standard InChI is InChI=1S/C9H11N5OS/c15-7(6-3-1-2-4-6)11-8-13-14-5-10-12-9(14)16-8/h5-6H,1-4H2,(H,11,13,15). The Hall–Kier alpha value is -1.50. The summed E-state index contributed by atoms with van der Waals surface area (Å²) in [5.74, 6) is 0.247. The molecule has 16 heavy (non-hydrogen) atoms. The number of carbonyl (C=O) groups excluding carboxylic acids is 1. The van der Waals surface area contributed by atoms with E-state index in [2.05, 4.69) is 20.6 Å².